The molecule has 0 aliphatic carbocycles. The first-order valence-corrected chi connectivity index (χ1v) is 3.60. The van der Waals surface area contributed by atoms with E-state index in [2.05, 4.69) is 4.74 Å². The van der Waals surface area contributed by atoms with Crippen molar-refractivity contribution in [2.24, 2.45) is 5.73 Å². The van der Waals surface area contributed by atoms with Gasteiger partial charge in [-0.3, -0.25) is 4.79 Å². The molecule has 0 spiro atoms. The third-order valence-corrected chi connectivity index (χ3v) is 1.11. The molecule has 0 fully saturated rings. The van der Waals surface area contributed by atoms with Crippen LogP contribution in [0.3, 0.4) is 0 Å². The fourth-order valence-electron chi connectivity index (χ4n) is 0.707. The van der Waals surface area contributed by atoms with Crippen molar-refractivity contribution in [3.8, 4) is 0 Å². The van der Waals surface area contributed by atoms with E-state index in [0.29, 0.717) is 13.2 Å². The van der Waals surface area contributed by atoms with Crippen LogP contribution in [-0.2, 0) is 14.3 Å². The van der Waals surface area contributed by atoms with Gasteiger partial charge in [0.15, 0.2) is 0 Å². The Labute approximate surface area is 66.7 Å². The number of carbonyl (C=O) groups is 1. The molecule has 11 heavy (non-hydrogen) atoms. The van der Waals surface area contributed by atoms with Gasteiger partial charge in [-0.25, -0.2) is 0 Å². The topological polar surface area (TPSA) is 61.5 Å². The van der Waals surface area contributed by atoms with Crippen LogP contribution in [0.4, 0.5) is 0 Å². The fraction of sp³-hybridized carbons (Fsp3) is 0.857. The van der Waals surface area contributed by atoms with Crippen molar-refractivity contribution in [1.29, 1.82) is 0 Å². The minimum absolute atomic E-state index is 0.224. The molecule has 1 atom stereocenters. The third kappa shape index (κ3) is 5.82. The van der Waals surface area contributed by atoms with Crippen LogP contribution >= 0.6 is 0 Å². The average molecular weight is 161 g/mol. The van der Waals surface area contributed by atoms with Crippen LogP contribution in [0, 0.1) is 0 Å². The van der Waals surface area contributed by atoms with E-state index >= 15 is 0 Å². The van der Waals surface area contributed by atoms with E-state index in [1.54, 1.807) is 14.0 Å². The molecule has 66 valence electrons. The van der Waals surface area contributed by atoms with Crippen molar-refractivity contribution < 1.29 is 14.3 Å². The first kappa shape index (κ1) is 10.4. The van der Waals surface area contributed by atoms with Crippen LogP contribution in [0.15, 0.2) is 0 Å². The van der Waals surface area contributed by atoms with E-state index < -0.39 is 0 Å². The maximum atomic E-state index is 10.8. The molecule has 0 unspecified atom stereocenters. The molecule has 4 heteroatoms. The SMILES string of the molecule is CCOC(=O)C[C@H](N)COC. The average Bonchev–Trinajstić information content (AvgIpc) is 1.87. The summed E-state index contributed by atoms with van der Waals surface area (Å²) in [6, 6.07) is -0.251. The Hall–Kier alpha value is -0.610. The van der Waals surface area contributed by atoms with Crippen molar-refractivity contribution >= 4 is 5.97 Å². The number of hydrogen-bond donors (Lipinski definition) is 1. The molecular formula is C7H15NO3. The van der Waals surface area contributed by atoms with Gasteiger partial charge in [-0.2, -0.15) is 0 Å². The summed E-state index contributed by atoms with van der Waals surface area (Å²) in [5.41, 5.74) is 5.49. The van der Waals surface area contributed by atoms with Crippen molar-refractivity contribution in [2.45, 2.75) is 19.4 Å². The number of carbonyl (C=O) groups excluding carboxylic acids is 1. The van der Waals surface area contributed by atoms with Crippen molar-refractivity contribution in [2.75, 3.05) is 20.3 Å². The highest BCUT2D eigenvalue weighted by atomic mass is 16.5. The highest BCUT2D eigenvalue weighted by molar-refractivity contribution is 5.70. The van der Waals surface area contributed by atoms with Gasteiger partial charge in [0.2, 0.25) is 0 Å². The molecule has 0 rings (SSSR count). The zero-order valence-electron chi connectivity index (χ0n) is 7.00. The normalized spacial score (nSPS) is 12.6. The molecule has 0 aromatic carbocycles. The molecule has 0 saturated heterocycles. The fourth-order valence-corrected chi connectivity index (χ4v) is 0.707. The Morgan fingerprint density at radius 3 is 2.73 bits per heavy atom. The highest BCUT2D eigenvalue weighted by Gasteiger charge is 2.08. The summed E-state index contributed by atoms with van der Waals surface area (Å²) in [5.74, 6) is -0.267. The first-order chi connectivity index (χ1) is 5.20. The number of hydrogen-bond acceptors (Lipinski definition) is 4. The minimum Gasteiger partial charge on any atom is -0.466 e. The van der Waals surface area contributed by atoms with Crippen LogP contribution in [0.5, 0.6) is 0 Å². The molecule has 0 aromatic rings. The van der Waals surface area contributed by atoms with E-state index in [1.165, 1.54) is 0 Å². The summed E-state index contributed by atoms with van der Waals surface area (Å²) in [6.45, 7) is 2.55. The molecule has 4 nitrogen and oxygen atoms in total. The number of nitrogens with two attached hydrogens (primary N) is 1. The van der Waals surface area contributed by atoms with Gasteiger partial charge in [0.1, 0.15) is 0 Å². The van der Waals surface area contributed by atoms with Crippen LogP contribution < -0.4 is 5.73 Å². The smallest absolute Gasteiger partial charge is 0.307 e. The maximum absolute atomic E-state index is 10.8. The van der Waals surface area contributed by atoms with Gasteiger partial charge in [0, 0.05) is 13.2 Å². The van der Waals surface area contributed by atoms with Crippen molar-refractivity contribution in [3.63, 3.8) is 0 Å². The monoisotopic (exact) mass is 161 g/mol. The Morgan fingerprint density at radius 1 is 1.64 bits per heavy atom. The van der Waals surface area contributed by atoms with E-state index in [1.807, 2.05) is 0 Å². The van der Waals surface area contributed by atoms with Gasteiger partial charge < -0.3 is 15.2 Å². The Bertz CT molecular complexity index is 116. The van der Waals surface area contributed by atoms with Gasteiger partial charge in [0.25, 0.3) is 0 Å². The minimum atomic E-state index is -0.267. The highest BCUT2D eigenvalue weighted by Crippen LogP contribution is 1.91. The van der Waals surface area contributed by atoms with E-state index in [4.69, 9.17) is 10.5 Å². The number of esters is 1. The zero-order valence-corrected chi connectivity index (χ0v) is 7.00. The second kappa shape index (κ2) is 6.12. The summed E-state index contributed by atoms with van der Waals surface area (Å²) in [4.78, 5) is 10.8. The van der Waals surface area contributed by atoms with Crippen molar-refractivity contribution in [3.05, 3.63) is 0 Å². The molecule has 0 heterocycles. The number of rotatable bonds is 5. The molecule has 0 saturated carbocycles. The molecular weight excluding hydrogens is 146 g/mol. The quantitative estimate of drug-likeness (QED) is 0.572. The first-order valence-electron chi connectivity index (χ1n) is 3.60. The van der Waals surface area contributed by atoms with Gasteiger partial charge in [0.05, 0.1) is 19.6 Å². The summed E-state index contributed by atoms with van der Waals surface area (Å²) < 4.78 is 9.43. The van der Waals surface area contributed by atoms with E-state index in [-0.39, 0.29) is 18.4 Å². The van der Waals surface area contributed by atoms with Gasteiger partial charge >= 0.3 is 5.97 Å². The van der Waals surface area contributed by atoms with Crippen LogP contribution in [0.25, 0.3) is 0 Å². The van der Waals surface area contributed by atoms with Crippen LogP contribution in [0.2, 0.25) is 0 Å². The number of methoxy groups -OCH3 is 1. The lowest BCUT2D eigenvalue weighted by molar-refractivity contribution is -0.143. The Morgan fingerprint density at radius 2 is 2.27 bits per heavy atom. The second-order valence-corrected chi connectivity index (χ2v) is 2.22. The summed E-state index contributed by atoms with van der Waals surface area (Å²) in [5, 5.41) is 0. The molecule has 2 N–H and O–H groups in total. The zero-order chi connectivity index (χ0) is 8.69. The summed E-state index contributed by atoms with van der Waals surface area (Å²) >= 11 is 0. The van der Waals surface area contributed by atoms with Crippen LogP contribution in [0.1, 0.15) is 13.3 Å². The number of ether oxygens (including phenoxy) is 2. The molecule has 0 aromatic heterocycles. The maximum Gasteiger partial charge on any atom is 0.307 e. The summed E-state index contributed by atoms with van der Waals surface area (Å²) in [7, 11) is 1.55. The lowest BCUT2D eigenvalue weighted by Gasteiger charge is -2.08. The summed E-state index contributed by atoms with van der Waals surface area (Å²) in [6.07, 6.45) is 0.224. The predicted octanol–water partition coefficient (Wildman–Crippen LogP) is -0.0867. The van der Waals surface area contributed by atoms with Gasteiger partial charge in [-0.1, -0.05) is 0 Å². The lowest BCUT2D eigenvalue weighted by Crippen LogP contribution is -2.29. The molecule has 0 aliphatic heterocycles. The van der Waals surface area contributed by atoms with Crippen LogP contribution in [-0.4, -0.2) is 32.3 Å². The Kier molecular flexibility index (Phi) is 5.78. The molecule has 0 aliphatic rings. The van der Waals surface area contributed by atoms with Gasteiger partial charge in [-0.15, -0.1) is 0 Å². The van der Waals surface area contributed by atoms with E-state index in [0.717, 1.165) is 0 Å². The standard InChI is InChI=1S/C7H15NO3/c1-3-11-7(9)4-6(8)5-10-2/h6H,3-5,8H2,1-2H3/t6-/m0/s1. The van der Waals surface area contributed by atoms with Crippen molar-refractivity contribution in [1.82, 2.24) is 0 Å². The predicted molar refractivity (Wildman–Crippen MR) is 41.1 cm³/mol. The molecule has 0 amide bonds. The van der Waals surface area contributed by atoms with Gasteiger partial charge in [-0.05, 0) is 6.92 Å². The largest absolute Gasteiger partial charge is 0.466 e. The third-order valence-electron chi connectivity index (χ3n) is 1.11. The Balaban J connectivity index is 3.40. The molecule has 0 bridgehead atoms. The second-order valence-electron chi connectivity index (χ2n) is 2.22. The molecule has 0 radical (unpaired) electrons. The van der Waals surface area contributed by atoms with E-state index in [9.17, 15) is 4.79 Å². The lowest BCUT2D eigenvalue weighted by atomic mass is 10.2.